The van der Waals surface area contributed by atoms with E-state index < -0.39 is 0 Å². The molecule has 114 valence electrons. The van der Waals surface area contributed by atoms with Gasteiger partial charge in [-0.3, -0.25) is 9.59 Å². The van der Waals surface area contributed by atoms with Crippen LogP contribution in [0.1, 0.15) is 33.2 Å². The Kier molecular flexibility index (Phi) is 5.66. The van der Waals surface area contributed by atoms with Gasteiger partial charge in [0.15, 0.2) is 0 Å². The van der Waals surface area contributed by atoms with Crippen molar-refractivity contribution in [2.75, 3.05) is 6.54 Å². The van der Waals surface area contributed by atoms with Crippen molar-refractivity contribution in [1.29, 1.82) is 0 Å². The Balaban J connectivity index is 2.11. The van der Waals surface area contributed by atoms with Crippen molar-refractivity contribution in [3.05, 3.63) is 59.3 Å². The molecule has 0 spiro atoms. The number of halogens is 1. The molecule has 22 heavy (non-hydrogen) atoms. The summed E-state index contributed by atoms with van der Waals surface area (Å²) in [7, 11) is 0. The summed E-state index contributed by atoms with van der Waals surface area (Å²) in [5, 5.41) is 0.226. The van der Waals surface area contributed by atoms with Crippen LogP contribution in [0.15, 0.2) is 47.6 Å². The Morgan fingerprint density at radius 1 is 1.27 bits per heavy atom. The topological polar surface area (TPSA) is 50.3 Å². The number of aromatic nitrogens is 1. The van der Waals surface area contributed by atoms with E-state index in [1.54, 1.807) is 23.1 Å². The van der Waals surface area contributed by atoms with E-state index in [1.807, 2.05) is 19.1 Å². The van der Waals surface area contributed by atoms with Gasteiger partial charge in [-0.2, -0.15) is 3.89 Å². The second-order valence-corrected chi connectivity index (χ2v) is 5.21. The average Bonchev–Trinajstić information content (AvgIpc) is 2.59. The van der Waals surface area contributed by atoms with Crippen LogP contribution in [0.5, 0.6) is 0 Å². The number of benzene rings is 1. The first-order valence-electron chi connectivity index (χ1n) is 6.76. The van der Waals surface area contributed by atoms with Gasteiger partial charge < -0.3 is 4.90 Å². The highest BCUT2D eigenvalue weighted by Crippen LogP contribution is 2.17. The molecule has 1 heterocycles. The summed E-state index contributed by atoms with van der Waals surface area (Å²) >= 11 is 0.0449. The highest BCUT2D eigenvalue weighted by atomic mass is 32.2. The van der Waals surface area contributed by atoms with E-state index in [0.717, 1.165) is 11.8 Å². The van der Waals surface area contributed by atoms with Crippen molar-refractivity contribution in [3.63, 3.8) is 0 Å². The third-order valence-electron chi connectivity index (χ3n) is 3.22. The molecule has 0 saturated carbocycles. The summed E-state index contributed by atoms with van der Waals surface area (Å²) in [6, 6.07) is 10.1. The lowest BCUT2D eigenvalue weighted by Gasteiger charge is -2.21. The third-order valence-corrected chi connectivity index (χ3v) is 3.62. The van der Waals surface area contributed by atoms with Gasteiger partial charge in [0.1, 0.15) is 23.5 Å². The molecule has 0 atom stereocenters. The van der Waals surface area contributed by atoms with Crippen molar-refractivity contribution < 1.29 is 13.5 Å². The Morgan fingerprint density at radius 2 is 2.00 bits per heavy atom. The van der Waals surface area contributed by atoms with Gasteiger partial charge in [0.2, 0.25) is 0 Å². The van der Waals surface area contributed by atoms with Crippen LogP contribution in [0.2, 0.25) is 0 Å². The van der Waals surface area contributed by atoms with E-state index in [9.17, 15) is 13.5 Å². The lowest BCUT2D eigenvalue weighted by atomic mass is 10.1. The van der Waals surface area contributed by atoms with Crippen LogP contribution in [0, 0.1) is 0 Å². The maximum atomic E-state index is 12.4. The molecule has 0 radical (unpaired) electrons. The highest BCUT2D eigenvalue weighted by molar-refractivity contribution is 7.94. The molecular formula is C16H15FN2O2S. The Hall–Kier alpha value is -2.21. The predicted molar refractivity (Wildman–Crippen MR) is 83.4 cm³/mol. The van der Waals surface area contributed by atoms with Gasteiger partial charge in [-0.1, -0.05) is 24.3 Å². The molecule has 6 heteroatoms. The lowest BCUT2D eigenvalue weighted by molar-refractivity contribution is 0.0752. The summed E-state index contributed by atoms with van der Waals surface area (Å²) in [6.07, 6.45) is 2.16. The van der Waals surface area contributed by atoms with Crippen LogP contribution in [0.3, 0.4) is 0 Å². The van der Waals surface area contributed by atoms with Crippen LogP contribution in [-0.4, -0.2) is 28.6 Å². The number of aldehydes is 1. The van der Waals surface area contributed by atoms with Gasteiger partial charge in [0, 0.05) is 24.8 Å². The molecule has 0 saturated heterocycles. The largest absolute Gasteiger partial charge is 0.335 e. The standard InChI is InChI=1S/C16H15FN2O2S/c1-2-19(10-12-3-5-13(11-20)6-4-12)16(21)14-7-8-15(22-17)18-9-14/h3-9,11H,2,10H2,1H3. The quantitative estimate of drug-likeness (QED) is 0.765. The first-order chi connectivity index (χ1) is 10.7. The fraction of sp³-hybridized carbons (Fsp3) is 0.188. The normalized spacial score (nSPS) is 10.3. The lowest BCUT2D eigenvalue weighted by Crippen LogP contribution is -2.30. The van der Waals surface area contributed by atoms with Gasteiger partial charge >= 0.3 is 0 Å². The molecular weight excluding hydrogens is 303 g/mol. The van der Waals surface area contributed by atoms with Crippen molar-refractivity contribution in [3.8, 4) is 0 Å². The van der Waals surface area contributed by atoms with E-state index in [0.29, 0.717) is 24.2 Å². The number of nitrogens with zero attached hydrogens (tertiary/aromatic N) is 2. The highest BCUT2D eigenvalue weighted by Gasteiger charge is 2.15. The molecule has 1 aromatic heterocycles. The monoisotopic (exact) mass is 318 g/mol. The summed E-state index contributed by atoms with van der Waals surface area (Å²) in [6.45, 7) is 2.86. The van der Waals surface area contributed by atoms with E-state index in [4.69, 9.17) is 0 Å². The van der Waals surface area contributed by atoms with Gasteiger partial charge in [0.25, 0.3) is 5.91 Å². The Bertz CT molecular complexity index is 644. The zero-order valence-electron chi connectivity index (χ0n) is 12.0. The number of hydrogen-bond donors (Lipinski definition) is 0. The molecule has 0 aliphatic rings. The van der Waals surface area contributed by atoms with Crippen LogP contribution in [0.4, 0.5) is 3.89 Å². The molecule has 2 rings (SSSR count). The zero-order chi connectivity index (χ0) is 15.9. The zero-order valence-corrected chi connectivity index (χ0v) is 12.8. The number of hydrogen-bond acceptors (Lipinski definition) is 4. The second-order valence-electron chi connectivity index (χ2n) is 4.64. The molecule has 4 nitrogen and oxygen atoms in total. The molecule has 2 aromatic rings. The van der Waals surface area contributed by atoms with Crippen molar-refractivity contribution in [2.24, 2.45) is 0 Å². The smallest absolute Gasteiger partial charge is 0.255 e. The molecule has 0 fully saturated rings. The van der Waals surface area contributed by atoms with Crippen LogP contribution in [0.25, 0.3) is 0 Å². The van der Waals surface area contributed by atoms with Gasteiger partial charge in [-0.25, -0.2) is 4.98 Å². The van der Waals surface area contributed by atoms with E-state index in [2.05, 4.69) is 4.98 Å². The third kappa shape index (κ3) is 3.92. The number of carbonyl (C=O) groups is 2. The van der Waals surface area contributed by atoms with Crippen molar-refractivity contribution >= 4 is 24.3 Å². The molecule has 1 amide bonds. The number of carbonyl (C=O) groups excluding carboxylic acids is 2. The van der Waals surface area contributed by atoms with Crippen molar-refractivity contribution in [2.45, 2.75) is 18.5 Å². The first kappa shape index (κ1) is 16.2. The maximum absolute atomic E-state index is 12.4. The molecule has 0 aliphatic carbocycles. The minimum Gasteiger partial charge on any atom is -0.335 e. The maximum Gasteiger partial charge on any atom is 0.255 e. The van der Waals surface area contributed by atoms with Crippen LogP contribution >= 0.6 is 12.1 Å². The van der Waals surface area contributed by atoms with Crippen molar-refractivity contribution in [1.82, 2.24) is 9.88 Å². The van der Waals surface area contributed by atoms with E-state index in [-0.39, 0.29) is 23.1 Å². The molecule has 0 aliphatic heterocycles. The fourth-order valence-electron chi connectivity index (χ4n) is 1.98. The predicted octanol–water partition coefficient (Wildman–Crippen LogP) is 3.53. The van der Waals surface area contributed by atoms with Crippen LogP contribution < -0.4 is 0 Å². The minimum absolute atomic E-state index is 0.0449. The minimum atomic E-state index is -0.162. The fourth-order valence-corrected chi connectivity index (χ4v) is 2.20. The average molecular weight is 318 g/mol. The van der Waals surface area contributed by atoms with Crippen LogP contribution in [-0.2, 0) is 6.54 Å². The second kappa shape index (κ2) is 7.70. The molecule has 1 aromatic carbocycles. The summed E-state index contributed by atoms with van der Waals surface area (Å²) in [5.74, 6) is -0.162. The molecule has 0 N–H and O–H groups in total. The summed E-state index contributed by atoms with van der Waals surface area (Å²) in [5.41, 5.74) is 1.95. The Morgan fingerprint density at radius 3 is 2.50 bits per heavy atom. The number of pyridine rings is 1. The van der Waals surface area contributed by atoms with Gasteiger partial charge in [0.05, 0.1) is 5.56 Å². The van der Waals surface area contributed by atoms with E-state index >= 15 is 0 Å². The Labute approximate surface area is 132 Å². The van der Waals surface area contributed by atoms with Gasteiger partial charge in [-0.15, -0.1) is 0 Å². The molecule has 0 unspecified atom stereocenters. The number of amides is 1. The molecule has 0 bridgehead atoms. The van der Waals surface area contributed by atoms with E-state index in [1.165, 1.54) is 12.3 Å². The SMILES string of the molecule is CCN(Cc1ccc(C=O)cc1)C(=O)c1ccc(SF)nc1. The summed E-state index contributed by atoms with van der Waals surface area (Å²) in [4.78, 5) is 28.6. The summed E-state index contributed by atoms with van der Waals surface area (Å²) < 4.78 is 12.4. The van der Waals surface area contributed by atoms with Gasteiger partial charge in [-0.05, 0) is 24.6 Å². The number of rotatable bonds is 6. The first-order valence-corrected chi connectivity index (χ1v) is 7.47.